The van der Waals surface area contributed by atoms with E-state index in [9.17, 15) is 4.79 Å². The van der Waals surface area contributed by atoms with Crippen molar-refractivity contribution in [3.8, 4) is 0 Å². The van der Waals surface area contributed by atoms with E-state index in [4.69, 9.17) is 0 Å². The van der Waals surface area contributed by atoms with Crippen molar-refractivity contribution in [1.29, 1.82) is 0 Å². The van der Waals surface area contributed by atoms with Gasteiger partial charge in [0.05, 0.1) is 5.71 Å². The molecule has 1 atom stereocenters. The average Bonchev–Trinajstić information content (AvgIpc) is 2.30. The number of hydrogen-bond donors (Lipinski definition) is 1. The first-order valence-electron chi connectivity index (χ1n) is 5.45. The fraction of sp³-hybridized carbons (Fsp3) is 0.231. The zero-order valence-corrected chi connectivity index (χ0v) is 11.6. The molecule has 0 saturated carbocycles. The van der Waals surface area contributed by atoms with Crippen molar-refractivity contribution in [3.63, 3.8) is 0 Å². The maximum absolute atomic E-state index is 11.1. The third kappa shape index (κ3) is 3.39. The molecule has 0 radical (unpaired) electrons. The Kier molecular flexibility index (Phi) is 3.93. The molecule has 1 aliphatic heterocycles. The molecule has 2 rings (SSSR count). The smallest absolute Gasteiger partial charge is 0.240 e. The van der Waals surface area contributed by atoms with E-state index in [1.165, 1.54) is 3.57 Å². The van der Waals surface area contributed by atoms with Crippen molar-refractivity contribution < 1.29 is 4.79 Å². The summed E-state index contributed by atoms with van der Waals surface area (Å²) in [5, 5.41) is 4.05. The minimum atomic E-state index is -0.0103. The molecule has 0 spiro atoms. The SMILES string of the molecule is CC1CC(=O)NN=C1C=Cc1ccc(I)cc1. The molecule has 17 heavy (non-hydrogen) atoms. The Bertz CT molecular complexity index is 477. The van der Waals surface area contributed by atoms with Crippen LogP contribution in [0.5, 0.6) is 0 Å². The van der Waals surface area contributed by atoms with Gasteiger partial charge in [-0.1, -0.05) is 25.1 Å². The second-order valence-corrected chi connectivity index (χ2v) is 5.31. The zero-order chi connectivity index (χ0) is 12.3. The number of rotatable bonds is 2. The maximum atomic E-state index is 11.1. The van der Waals surface area contributed by atoms with E-state index in [1.807, 2.05) is 19.1 Å². The van der Waals surface area contributed by atoms with Gasteiger partial charge in [0, 0.05) is 15.9 Å². The lowest BCUT2D eigenvalue weighted by Gasteiger charge is -2.15. The zero-order valence-electron chi connectivity index (χ0n) is 9.48. The quantitative estimate of drug-likeness (QED) is 0.827. The van der Waals surface area contributed by atoms with Gasteiger partial charge in [0.1, 0.15) is 0 Å². The number of nitrogens with one attached hydrogen (secondary N) is 1. The third-order valence-electron chi connectivity index (χ3n) is 2.62. The fourth-order valence-corrected chi connectivity index (χ4v) is 1.98. The summed E-state index contributed by atoms with van der Waals surface area (Å²) in [7, 11) is 0. The first-order valence-corrected chi connectivity index (χ1v) is 6.53. The van der Waals surface area contributed by atoms with Crippen LogP contribution in [0, 0.1) is 9.49 Å². The fourth-order valence-electron chi connectivity index (χ4n) is 1.62. The van der Waals surface area contributed by atoms with Gasteiger partial charge in [-0.15, -0.1) is 0 Å². The van der Waals surface area contributed by atoms with Crippen LogP contribution < -0.4 is 5.43 Å². The van der Waals surface area contributed by atoms with Crippen molar-refractivity contribution in [3.05, 3.63) is 39.5 Å². The van der Waals surface area contributed by atoms with Crippen LogP contribution in [-0.2, 0) is 4.79 Å². The Morgan fingerprint density at radius 1 is 1.35 bits per heavy atom. The van der Waals surface area contributed by atoms with Crippen LogP contribution in [0.25, 0.3) is 6.08 Å². The predicted octanol–water partition coefficient (Wildman–Crippen LogP) is 2.82. The summed E-state index contributed by atoms with van der Waals surface area (Å²) in [5.74, 6) is 0.174. The Morgan fingerprint density at radius 3 is 2.71 bits per heavy atom. The molecule has 1 N–H and O–H groups in total. The Balaban J connectivity index is 2.10. The average molecular weight is 340 g/mol. The van der Waals surface area contributed by atoms with Crippen LogP contribution in [0.15, 0.2) is 35.4 Å². The molecule has 0 aliphatic carbocycles. The van der Waals surface area contributed by atoms with E-state index in [1.54, 1.807) is 0 Å². The lowest BCUT2D eigenvalue weighted by Crippen LogP contribution is -2.30. The molecule has 3 nitrogen and oxygen atoms in total. The number of amides is 1. The second-order valence-electron chi connectivity index (χ2n) is 4.06. The van der Waals surface area contributed by atoms with E-state index in [0.717, 1.165) is 11.3 Å². The topological polar surface area (TPSA) is 41.5 Å². The van der Waals surface area contributed by atoms with Gasteiger partial charge in [0.25, 0.3) is 0 Å². The van der Waals surface area contributed by atoms with Gasteiger partial charge in [-0.2, -0.15) is 5.10 Å². The molecular formula is C13H13IN2O. The summed E-state index contributed by atoms with van der Waals surface area (Å²) in [5.41, 5.74) is 4.56. The number of benzene rings is 1. The van der Waals surface area contributed by atoms with E-state index in [-0.39, 0.29) is 11.8 Å². The van der Waals surface area contributed by atoms with Crippen LogP contribution >= 0.6 is 22.6 Å². The molecule has 1 aliphatic rings. The van der Waals surface area contributed by atoms with Gasteiger partial charge in [-0.25, -0.2) is 5.43 Å². The van der Waals surface area contributed by atoms with E-state index in [0.29, 0.717) is 6.42 Å². The van der Waals surface area contributed by atoms with Gasteiger partial charge < -0.3 is 0 Å². The summed E-state index contributed by atoms with van der Waals surface area (Å²) in [6.45, 7) is 2.01. The van der Waals surface area contributed by atoms with E-state index < -0.39 is 0 Å². The van der Waals surface area contributed by atoms with Crippen LogP contribution in [0.3, 0.4) is 0 Å². The highest BCUT2D eigenvalue weighted by Crippen LogP contribution is 2.13. The van der Waals surface area contributed by atoms with Crippen molar-refractivity contribution in [1.82, 2.24) is 5.43 Å². The molecule has 1 heterocycles. The Morgan fingerprint density at radius 2 is 2.06 bits per heavy atom. The monoisotopic (exact) mass is 340 g/mol. The molecular weight excluding hydrogens is 327 g/mol. The van der Waals surface area contributed by atoms with Crippen LogP contribution in [0.1, 0.15) is 18.9 Å². The Labute approximate surface area is 114 Å². The predicted molar refractivity (Wildman–Crippen MR) is 77.6 cm³/mol. The molecule has 1 amide bonds. The number of nitrogens with zero attached hydrogens (tertiary/aromatic N) is 1. The summed E-state index contributed by atoms with van der Waals surface area (Å²) in [4.78, 5) is 11.1. The Hall–Kier alpha value is -1.17. The lowest BCUT2D eigenvalue weighted by atomic mass is 9.99. The number of halogens is 1. The highest BCUT2D eigenvalue weighted by molar-refractivity contribution is 14.1. The van der Waals surface area contributed by atoms with Gasteiger partial charge >= 0.3 is 0 Å². The normalized spacial score (nSPS) is 20.2. The van der Waals surface area contributed by atoms with Gasteiger partial charge in [0.15, 0.2) is 0 Å². The van der Waals surface area contributed by atoms with E-state index >= 15 is 0 Å². The summed E-state index contributed by atoms with van der Waals surface area (Å²) >= 11 is 2.28. The molecule has 88 valence electrons. The van der Waals surface area contributed by atoms with E-state index in [2.05, 4.69) is 57.4 Å². The van der Waals surface area contributed by atoms with Gasteiger partial charge in [-0.3, -0.25) is 4.79 Å². The first kappa shape index (κ1) is 12.3. The number of hydrogen-bond acceptors (Lipinski definition) is 2. The molecule has 0 bridgehead atoms. The molecule has 0 saturated heterocycles. The minimum absolute atomic E-state index is 0.0103. The minimum Gasteiger partial charge on any atom is -0.273 e. The second kappa shape index (κ2) is 5.44. The van der Waals surface area contributed by atoms with Crippen LogP contribution in [0.4, 0.5) is 0 Å². The summed E-state index contributed by atoms with van der Waals surface area (Å²) in [6, 6.07) is 8.25. The van der Waals surface area contributed by atoms with Crippen molar-refractivity contribution in [2.24, 2.45) is 11.0 Å². The molecule has 1 aromatic rings. The highest BCUT2D eigenvalue weighted by Gasteiger charge is 2.17. The molecule has 0 fully saturated rings. The largest absolute Gasteiger partial charge is 0.273 e. The number of carbonyl (C=O) groups is 1. The maximum Gasteiger partial charge on any atom is 0.240 e. The standard InChI is InChI=1S/C13H13IN2O/c1-9-8-13(17)16-15-12(9)7-4-10-2-5-11(14)6-3-10/h2-7,9H,8H2,1H3,(H,16,17). The van der Waals surface area contributed by atoms with Gasteiger partial charge in [-0.05, 0) is 46.4 Å². The van der Waals surface area contributed by atoms with Crippen LogP contribution in [0.2, 0.25) is 0 Å². The van der Waals surface area contributed by atoms with Gasteiger partial charge in [0.2, 0.25) is 5.91 Å². The molecule has 1 unspecified atom stereocenters. The third-order valence-corrected chi connectivity index (χ3v) is 3.34. The number of hydrazone groups is 1. The first-order chi connectivity index (χ1) is 8.15. The van der Waals surface area contributed by atoms with Crippen molar-refractivity contribution >= 4 is 40.3 Å². The number of allylic oxidation sites excluding steroid dienone is 1. The molecule has 0 aromatic heterocycles. The highest BCUT2D eigenvalue weighted by atomic mass is 127. The van der Waals surface area contributed by atoms with Crippen molar-refractivity contribution in [2.75, 3.05) is 0 Å². The summed E-state index contributed by atoms with van der Waals surface area (Å²) in [6.07, 6.45) is 4.49. The van der Waals surface area contributed by atoms with Crippen molar-refractivity contribution in [2.45, 2.75) is 13.3 Å². The number of carbonyl (C=O) groups excluding carboxylic acids is 1. The summed E-state index contributed by atoms with van der Waals surface area (Å²) < 4.78 is 1.22. The molecule has 1 aromatic carbocycles. The molecule has 4 heteroatoms. The van der Waals surface area contributed by atoms with Crippen LogP contribution in [-0.4, -0.2) is 11.6 Å². The lowest BCUT2D eigenvalue weighted by molar-refractivity contribution is -0.121.